The second kappa shape index (κ2) is 2.21. The van der Waals surface area contributed by atoms with Crippen molar-refractivity contribution in [2.75, 3.05) is 0 Å². The van der Waals surface area contributed by atoms with Crippen LogP contribution < -0.4 is 0 Å². The number of nitrogens with zero attached hydrogens (tertiary/aromatic N) is 1. The fraction of sp³-hybridized carbons (Fsp3) is 0.667. The summed E-state index contributed by atoms with van der Waals surface area (Å²) in [6.07, 6.45) is 0. The quantitative estimate of drug-likeness (QED) is 0.402. The van der Waals surface area contributed by atoms with Gasteiger partial charge < -0.3 is 0 Å². The van der Waals surface area contributed by atoms with Gasteiger partial charge in [0.05, 0.1) is 0 Å². The Bertz CT molecular complexity index is 44.9. The molecule has 0 bridgehead atoms. The normalized spacial score (nSPS) is 7.00. The van der Waals surface area contributed by atoms with E-state index in [1.165, 1.54) is 0 Å². The largest absolute Gasteiger partial charge is 0.188 e. The second-order valence-electron chi connectivity index (χ2n) is 1.03. The van der Waals surface area contributed by atoms with Crippen LogP contribution in [-0.4, -0.2) is 5.71 Å². The van der Waals surface area contributed by atoms with Crippen LogP contribution in [0, 0.1) is 0 Å². The van der Waals surface area contributed by atoms with E-state index in [4.69, 9.17) is 11.8 Å². The highest BCUT2D eigenvalue weighted by molar-refractivity contribution is 6.19. The van der Waals surface area contributed by atoms with Gasteiger partial charge in [-0.1, -0.05) is 0 Å². The third-order valence-corrected chi connectivity index (χ3v) is 0.507. The van der Waals surface area contributed by atoms with Gasteiger partial charge in [-0.3, -0.25) is 0 Å². The predicted molar refractivity (Wildman–Crippen MR) is 24.6 cm³/mol. The van der Waals surface area contributed by atoms with Gasteiger partial charge in [0.25, 0.3) is 0 Å². The van der Waals surface area contributed by atoms with E-state index < -0.39 is 0 Å². The lowest BCUT2D eigenvalue weighted by Crippen LogP contribution is -1.70. The Morgan fingerprint density at radius 3 is 1.80 bits per heavy atom. The van der Waals surface area contributed by atoms with Gasteiger partial charge in [0.15, 0.2) is 0 Å². The minimum atomic E-state index is 0.895. The molecule has 0 heterocycles. The zero-order valence-electron chi connectivity index (χ0n) is 3.33. The molecule has 0 aromatic rings. The lowest BCUT2D eigenvalue weighted by atomic mass is 10.5. The molecule has 0 aliphatic carbocycles. The Morgan fingerprint density at radius 2 is 1.80 bits per heavy atom. The molecule has 0 saturated heterocycles. The van der Waals surface area contributed by atoms with Crippen LogP contribution in [0.5, 0.6) is 0 Å². The van der Waals surface area contributed by atoms with Crippen molar-refractivity contribution in [2.24, 2.45) is 4.51 Å². The Labute approximate surface area is 36.8 Å². The van der Waals surface area contributed by atoms with Crippen molar-refractivity contribution >= 4 is 17.5 Å². The highest BCUT2D eigenvalue weighted by atomic mass is 35.5. The molecule has 0 spiro atoms. The highest BCUT2D eigenvalue weighted by Crippen LogP contribution is 1.76. The smallest absolute Gasteiger partial charge is 0.0364 e. The van der Waals surface area contributed by atoms with E-state index in [-0.39, 0.29) is 0 Å². The number of hydrogen-bond donors (Lipinski definition) is 0. The fourth-order valence-electron chi connectivity index (χ4n) is 0. The molecule has 0 unspecified atom stereocenters. The van der Waals surface area contributed by atoms with E-state index in [1.807, 2.05) is 13.8 Å². The van der Waals surface area contributed by atoms with Gasteiger partial charge in [-0.25, -0.2) is 0 Å². The van der Waals surface area contributed by atoms with E-state index in [0.717, 1.165) is 5.71 Å². The average Bonchev–Trinajstić information content (AvgIpc) is 1.38. The maximum atomic E-state index is 4.92. The summed E-state index contributed by atoms with van der Waals surface area (Å²) >= 11 is 4.92. The Kier molecular flexibility index (Phi) is 2.19. The zero-order valence-corrected chi connectivity index (χ0v) is 4.08. The highest BCUT2D eigenvalue weighted by Gasteiger charge is 1.64. The van der Waals surface area contributed by atoms with E-state index in [2.05, 4.69) is 4.51 Å². The van der Waals surface area contributed by atoms with Crippen molar-refractivity contribution in [2.45, 2.75) is 13.8 Å². The minimum Gasteiger partial charge on any atom is -0.188 e. The first-order chi connectivity index (χ1) is 2.27. The third kappa shape index (κ3) is 3.96. The van der Waals surface area contributed by atoms with Crippen LogP contribution in [-0.2, 0) is 0 Å². The molecule has 0 aliphatic heterocycles. The van der Waals surface area contributed by atoms with Crippen molar-refractivity contribution in [3.63, 3.8) is 0 Å². The molecule has 0 aromatic carbocycles. The van der Waals surface area contributed by atoms with Gasteiger partial charge in [-0.05, 0) is 13.8 Å². The van der Waals surface area contributed by atoms with Gasteiger partial charge in [0, 0.05) is 17.5 Å². The van der Waals surface area contributed by atoms with Crippen LogP contribution in [0.15, 0.2) is 4.51 Å². The number of hydrogen-bond acceptors (Lipinski definition) is 1. The summed E-state index contributed by atoms with van der Waals surface area (Å²) in [6.45, 7) is 3.68. The first kappa shape index (κ1) is 4.96. The van der Waals surface area contributed by atoms with E-state index in [9.17, 15) is 0 Å². The molecule has 0 amide bonds. The third-order valence-electron chi connectivity index (χ3n) is 0.169. The SMILES string of the molecule is CC(C)=NCl. The maximum Gasteiger partial charge on any atom is 0.0364 e. The van der Waals surface area contributed by atoms with Crippen LogP contribution in [0.3, 0.4) is 0 Å². The van der Waals surface area contributed by atoms with Crippen molar-refractivity contribution in [3.8, 4) is 0 Å². The Hall–Kier alpha value is -0.0400. The topological polar surface area (TPSA) is 12.4 Å². The molecule has 0 rings (SSSR count). The van der Waals surface area contributed by atoms with Crippen molar-refractivity contribution < 1.29 is 0 Å². The summed E-state index contributed by atoms with van der Waals surface area (Å²) in [5.41, 5.74) is 0.895. The summed E-state index contributed by atoms with van der Waals surface area (Å²) in [4.78, 5) is 0. The molecule has 0 N–H and O–H groups in total. The predicted octanol–water partition coefficient (Wildman–Crippen LogP) is 1.62. The van der Waals surface area contributed by atoms with Crippen LogP contribution in [0.1, 0.15) is 13.8 Å². The van der Waals surface area contributed by atoms with E-state index in [1.54, 1.807) is 0 Å². The van der Waals surface area contributed by atoms with Crippen LogP contribution in [0.25, 0.3) is 0 Å². The van der Waals surface area contributed by atoms with Gasteiger partial charge >= 0.3 is 0 Å². The standard InChI is InChI=1S/C3H6ClN/c1-3(2)5-4/h1-2H3. The van der Waals surface area contributed by atoms with Crippen molar-refractivity contribution in [1.29, 1.82) is 0 Å². The number of rotatable bonds is 0. The average molecular weight is 91.5 g/mol. The molecule has 0 radical (unpaired) electrons. The molecular weight excluding hydrogens is 85.5 g/mol. The van der Waals surface area contributed by atoms with E-state index in [0.29, 0.717) is 0 Å². The molecular formula is C3H6ClN. The van der Waals surface area contributed by atoms with Crippen molar-refractivity contribution in [1.82, 2.24) is 0 Å². The van der Waals surface area contributed by atoms with Crippen LogP contribution in [0.4, 0.5) is 0 Å². The minimum absolute atomic E-state index is 0.895. The summed E-state index contributed by atoms with van der Waals surface area (Å²) in [7, 11) is 0. The molecule has 0 aliphatic rings. The van der Waals surface area contributed by atoms with Crippen molar-refractivity contribution in [3.05, 3.63) is 0 Å². The Balaban J connectivity index is 3.14. The van der Waals surface area contributed by atoms with E-state index >= 15 is 0 Å². The molecule has 0 saturated carbocycles. The van der Waals surface area contributed by atoms with Gasteiger partial charge in [-0.2, -0.15) is 4.51 Å². The number of halogens is 1. The first-order valence-electron chi connectivity index (χ1n) is 1.39. The Morgan fingerprint density at radius 1 is 1.60 bits per heavy atom. The maximum absolute atomic E-state index is 4.92. The first-order valence-corrected chi connectivity index (χ1v) is 1.73. The zero-order chi connectivity index (χ0) is 4.28. The summed E-state index contributed by atoms with van der Waals surface area (Å²) in [6, 6.07) is 0. The molecule has 30 valence electrons. The molecule has 2 heteroatoms. The second-order valence-corrected chi connectivity index (χ2v) is 1.20. The summed E-state index contributed by atoms with van der Waals surface area (Å²) in [5.74, 6) is 0. The van der Waals surface area contributed by atoms with Gasteiger partial charge in [0.1, 0.15) is 0 Å². The van der Waals surface area contributed by atoms with Gasteiger partial charge in [-0.15, -0.1) is 0 Å². The molecule has 0 aromatic heterocycles. The fourth-order valence-corrected chi connectivity index (χ4v) is 0. The van der Waals surface area contributed by atoms with Crippen LogP contribution >= 0.6 is 11.8 Å². The lowest BCUT2D eigenvalue weighted by Gasteiger charge is -1.70. The lowest BCUT2D eigenvalue weighted by molar-refractivity contribution is 1.67. The molecule has 0 fully saturated rings. The molecule has 1 nitrogen and oxygen atoms in total. The molecule has 0 atom stereocenters. The monoisotopic (exact) mass is 91.0 g/mol. The molecule has 5 heavy (non-hydrogen) atoms. The summed E-state index contributed by atoms with van der Waals surface area (Å²) < 4.78 is 3.28. The van der Waals surface area contributed by atoms with Gasteiger partial charge in [0.2, 0.25) is 0 Å². The summed E-state index contributed by atoms with van der Waals surface area (Å²) in [5, 5.41) is 0. The van der Waals surface area contributed by atoms with Crippen LogP contribution in [0.2, 0.25) is 0 Å².